The molecule has 1 heterocycles. The van der Waals surface area contributed by atoms with Crippen LogP contribution in [0.5, 0.6) is 0 Å². The van der Waals surface area contributed by atoms with Crippen LogP contribution >= 0.6 is 0 Å². The van der Waals surface area contributed by atoms with Crippen molar-refractivity contribution in [1.82, 2.24) is 4.90 Å². The van der Waals surface area contributed by atoms with Crippen LogP contribution in [0.2, 0.25) is 0 Å². The van der Waals surface area contributed by atoms with Crippen molar-refractivity contribution >= 4 is 11.4 Å². The second-order valence-electron chi connectivity index (χ2n) is 5.39. The summed E-state index contributed by atoms with van der Waals surface area (Å²) in [5, 5.41) is 0. The summed E-state index contributed by atoms with van der Waals surface area (Å²) in [7, 11) is 4.25. The lowest BCUT2D eigenvalue weighted by atomic mass is 9.95. The first-order chi connectivity index (χ1) is 9.25. The van der Waals surface area contributed by atoms with Gasteiger partial charge in [0, 0.05) is 30.9 Å². The van der Waals surface area contributed by atoms with Crippen molar-refractivity contribution in [3.05, 3.63) is 59.7 Å². The van der Waals surface area contributed by atoms with Crippen molar-refractivity contribution in [2.75, 3.05) is 32.1 Å². The van der Waals surface area contributed by atoms with Crippen LogP contribution in [0, 0.1) is 0 Å². The lowest BCUT2D eigenvalue weighted by molar-refractivity contribution is 0.418. The largest absolute Gasteiger partial charge is 0.340 e. The number of fused-ring (bicyclic) bond motifs is 2. The highest BCUT2D eigenvalue weighted by Gasteiger charge is 2.21. The Hall–Kier alpha value is -1.80. The van der Waals surface area contributed by atoms with Gasteiger partial charge in [-0.3, -0.25) is 0 Å². The molecular weight excluding hydrogens is 232 g/mol. The Bertz CT molecular complexity index is 529. The van der Waals surface area contributed by atoms with Crippen molar-refractivity contribution < 1.29 is 0 Å². The van der Waals surface area contributed by atoms with Crippen molar-refractivity contribution in [3.63, 3.8) is 0 Å². The molecule has 19 heavy (non-hydrogen) atoms. The summed E-state index contributed by atoms with van der Waals surface area (Å²) in [5.41, 5.74) is 5.59. The molecule has 0 amide bonds. The van der Waals surface area contributed by atoms with Crippen molar-refractivity contribution in [2.24, 2.45) is 0 Å². The highest BCUT2D eigenvalue weighted by Crippen LogP contribution is 2.37. The summed E-state index contributed by atoms with van der Waals surface area (Å²) in [6, 6.07) is 17.5. The lowest BCUT2D eigenvalue weighted by Crippen LogP contribution is -2.31. The Morgan fingerprint density at radius 1 is 0.895 bits per heavy atom. The van der Waals surface area contributed by atoms with E-state index in [4.69, 9.17) is 0 Å². The van der Waals surface area contributed by atoms with Gasteiger partial charge in [-0.25, -0.2) is 0 Å². The minimum atomic E-state index is 1.03. The maximum absolute atomic E-state index is 2.45. The number of hydrogen-bond acceptors (Lipinski definition) is 2. The first-order valence-corrected chi connectivity index (χ1v) is 6.84. The molecule has 0 aliphatic carbocycles. The summed E-state index contributed by atoms with van der Waals surface area (Å²) in [6.45, 7) is 2.09. The van der Waals surface area contributed by atoms with Crippen LogP contribution in [0.15, 0.2) is 48.5 Å². The topological polar surface area (TPSA) is 6.48 Å². The molecule has 2 aromatic carbocycles. The lowest BCUT2D eigenvalue weighted by Gasteiger charge is -2.34. The molecule has 0 unspecified atom stereocenters. The summed E-state index contributed by atoms with van der Waals surface area (Å²) in [6.07, 6.45) is 1.05. The van der Waals surface area contributed by atoms with E-state index < -0.39 is 0 Å². The fraction of sp³-hybridized carbons (Fsp3) is 0.294. The van der Waals surface area contributed by atoms with Crippen LogP contribution in [0.3, 0.4) is 0 Å². The Balaban J connectivity index is 2.01. The standard InChI is InChI=1S/C17H20N2/c1-18(2)11-12-19-16-9-5-3-7-14(16)13-15-8-4-6-10-17(15)19/h3-10H,11-13H2,1-2H3. The third kappa shape index (κ3) is 2.36. The number of nitrogens with zero attached hydrogens (tertiary/aromatic N) is 2. The number of hydrogen-bond donors (Lipinski definition) is 0. The zero-order valence-electron chi connectivity index (χ0n) is 11.6. The number of rotatable bonds is 3. The Labute approximate surface area is 115 Å². The maximum Gasteiger partial charge on any atom is 0.0447 e. The Morgan fingerprint density at radius 3 is 1.95 bits per heavy atom. The summed E-state index contributed by atoms with van der Waals surface area (Å²) in [4.78, 5) is 4.69. The fourth-order valence-corrected chi connectivity index (χ4v) is 2.72. The second kappa shape index (κ2) is 5.06. The Kier molecular flexibility index (Phi) is 3.26. The van der Waals surface area contributed by atoms with E-state index in [1.54, 1.807) is 0 Å². The van der Waals surface area contributed by atoms with Gasteiger partial charge >= 0.3 is 0 Å². The van der Waals surface area contributed by atoms with Crippen LogP contribution in [0.1, 0.15) is 11.1 Å². The van der Waals surface area contributed by atoms with Crippen molar-refractivity contribution in [3.8, 4) is 0 Å². The van der Waals surface area contributed by atoms with Gasteiger partial charge in [-0.15, -0.1) is 0 Å². The quantitative estimate of drug-likeness (QED) is 0.827. The molecule has 0 spiro atoms. The van der Waals surface area contributed by atoms with Crippen LogP contribution in [-0.4, -0.2) is 32.1 Å². The molecule has 0 saturated heterocycles. The highest BCUT2D eigenvalue weighted by molar-refractivity contribution is 5.74. The summed E-state index contributed by atoms with van der Waals surface area (Å²) in [5.74, 6) is 0. The van der Waals surface area contributed by atoms with E-state index in [1.807, 2.05) is 0 Å². The van der Waals surface area contributed by atoms with Gasteiger partial charge in [-0.1, -0.05) is 36.4 Å². The molecule has 1 aliphatic heterocycles. The molecular formula is C17H20N2. The second-order valence-corrected chi connectivity index (χ2v) is 5.39. The van der Waals surface area contributed by atoms with Crippen LogP contribution in [-0.2, 0) is 6.42 Å². The number of likely N-dealkylation sites (N-methyl/N-ethyl adjacent to an activating group) is 1. The molecule has 1 aliphatic rings. The predicted molar refractivity (Wildman–Crippen MR) is 81.3 cm³/mol. The van der Waals surface area contributed by atoms with Crippen molar-refractivity contribution in [1.29, 1.82) is 0 Å². The van der Waals surface area contributed by atoms with Gasteiger partial charge in [-0.05, 0) is 37.4 Å². The molecule has 0 saturated carbocycles. The summed E-state index contributed by atoms with van der Waals surface area (Å²) >= 11 is 0. The molecule has 0 bridgehead atoms. The van der Waals surface area contributed by atoms with Crippen LogP contribution in [0.25, 0.3) is 0 Å². The van der Waals surface area contributed by atoms with Crippen molar-refractivity contribution in [2.45, 2.75) is 6.42 Å². The average Bonchev–Trinajstić information content (AvgIpc) is 2.43. The molecule has 2 nitrogen and oxygen atoms in total. The molecule has 0 aromatic heterocycles. The van der Waals surface area contributed by atoms with Gasteiger partial charge < -0.3 is 9.80 Å². The molecule has 0 atom stereocenters. The van der Waals surface area contributed by atoms with E-state index >= 15 is 0 Å². The van der Waals surface area contributed by atoms with E-state index in [2.05, 4.69) is 72.4 Å². The monoisotopic (exact) mass is 252 g/mol. The van der Waals surface area contributed by atoms with E-state index in [0.29, 0.717) is 0 Å². The van der Waals surface area contributed by atoms with E-state index in [0.717, 1.165) is 19.5 Å². The van der Waals surface area contributed by atoms with Gasteiger partial charge in [0.25, 0.3) is 0 Å². The Morgan fingerprint density at radius 2 is 1.42 bits per heavy atom. The normalized spacial score (nSPS) is 13.3. The molecule has 2 heteroatoms. The third-order valence-electron chi connectivity index (χ3n) is 3.72. The minimum absolute atomic E-state index is 1.03. The average molecular weight is 252 g/mol. The maximum atomic E-state index is 2.45. The molecule has 3 rings (SSSR count). The van der Waals surface area contributed by atoms with E-state index in [9.17, 15) is 0 Å². The van der Waals surface area contributed by atoms with Gasteiger partial charge in [0.2, 0.25) is 0 Å². The van der Waals surface area contributed by atoms with Crippen LogP contribution < -0.4 is 4.90 Å². The minimum Gasteiger partial charge on any atom is -0.340 e. The molecule has 2 aromatic rings. The third-order valence-corrected chi connectivity index (χ3v) is 3.72. The first-order valence-electron chi connectivity index (χ1n) is 6.84. The zero-order chi connectivity index (χ0) is 13.2. The van der Waals surface area contributed by atoms with Gasteiger partial charge in [0.05, 0.1) is 0 Å². The first kappa shape index (κ1) is 12.2. The molecule has 0 radical (unpaired) electrons. The molecule has 0 fully saturated rings. The molecule has 0 N–H and O–H groups in total. The zero-order valence-corrected chi connectivity index (χ0v) is 11.6. The SMILES string of the molecule is CN(C)CCN1c2ccccc2Cc2ccccc21. The number of benzene rings is 2. The van der Waals surface area contributed by atoms with E-state index in [-0.39, 0.29) is 0 Å². The molecule has 98 valence electrons. The fourth-order valence-electron chi connectivity index (χ4n) is 2.72. The number of anilines is 2. The predicted octanol–water partition coefficient (Wildman–Crippen LogP) is 3.29. The number of para-hydroxylation sites is 2. The van der Waals surface area contributed by atoms with E-state index in [1.165, 1.54) is 22.5 Å². The smallest absolute Gasteiger partial charge is 0.0447 e. The van der Waals surface area contributed by atoms with Crippen LogP contribution in [0.4, 0.5) is 11.4 Å². The van der Waals surface area contributed by atoms with Gasteiger partial charge in [-0.2, -0.15) is 0 Å². The van der Waals surface area contributed by atoms with Gasteiger partial charge in [0.15, 0.2) is 0 Å². The highest BCUT2D eigenvalue weighted by atomic mass is 15.2. The summed E-state index contributed by atoms with van der Waals surface area (Å²) < 4.78 is 0. The van der Waals surface area contributed by atoms with Gasteiger partial charge in [0.1, 0.15) is 0 Å².